The molecule has 1 aliphatic rings. The van der Waals surface area contributed by atoms with Crippen LogP contribution in [0.3, 0.4) is 0 Å². The van der Waals surface area contributed by atoms with Gasteiger partial charge in [0.25, 0.3) is 0 Å². The number of rotatable bonds is 3. The largest absolute Gasteiger partial charge is 0.396 e. The van der Waals surface area contributed by atoms with E-state index in [1.807, 2.05) is 0 Å². The van der Waals surface area contributed by atoms with Gasteiger partial charge in [-0.2, -0.15) is 0 Å². The second-order valence-corrected chi connectivity index (χ2v) is 4.03. The predicted molar refractivity (Wildman–Crippen MR) is 62.4 cm³/mol. The summed E-state index contributed by atoms with van der Waals surface area (Å²) in [5, 5.41) is 12.3. The molecule has 86 valence electrons. The lowest BCUT2D eigenvalue weighted by Crippen LogP contribution is -2.29. The average molecular weight is 221 g/mol. The molecule has 0 saturated carbocycles. The van der Waals surface area contributed by atoms with Crippen molar-refractivity contribution in [1.82, 2.24) is 5.32 Å². The molecule has 0 fully saturated rings. The van der Waals surface area contributed by atoms with E-state index in [0.717, 1.165) is 25.1 Å². The van der Waals surface area contributed by atoms with Crippen LogP contribution in [0.4, 0.5) is 4.39 Å². The summed E-state index contributed by atoms with van der Waals surface area (Å²) in [4.78, 5) is 0. The summed E-state index contributed by atoms with van der Waals surface area (Å²) in [6.07, 6.45) is 2.87. The molecule has 0 radical (unpaired) electrons. The summed E-state index contributed by atoms with van der Waals surface area (Å²) < 4.78 is 12.8. The third-order valence-electron chi connectivity index (χ3n) is 2.95. The predicted octanol–water partition coefficient (Wildman–Crippen LogP) is 1.81. The molecule has 3 heteroatoms. The molecule has 16 heavy (non-hydrogen) atoms. The van der Waals surface area contributed by atoms with E-state index in [-0.39, 0.29) is 12.4 Å². The third-order valence-corrected chi connectivity index (χ3v) is 2.95. The number of halogens is 1. The smallest absolute Gasteiger partial charge is 0.123 e. The monoisotopic (exact) mass is 221 g/mol. The van der Waals surface area contributed by atoms with Crippen molar-refractivity contribution < 1.29 is 9.50 Å². The number of hydrogen-bond donors (Lipinski definition) is 2. The summed E-state index contributed by atoms with van der Waals surface area (Å²) in [5.41, 5.74) is 2.27. The molecule has 1 atom stereocenters. The van der Waals surface area contributed by atoms with Crippen molar-refractivity contribution in [3.63, 3.8) is 0 Å². The van der Waals surface area contributed by atoms with Crippen LogP contribution in [-0.4, -0.2) is 24.8 Å². The lowest BCUT2D eigenvalue weighted by Gasteiger charge is -2.24. The Morgan fingerprint density at radius 3 is 2.75 bits per heavy atom. The Kier molecular flexibility index (Phi) is 3.70. The van der Waals surface area contributed by atoms with E-state index in [9.17, 15) is 4.39 Å². The van der Waals surface area contributed by atoms with Crippen LogP contribution in [0.5, 0.6) is 0 Å². The standard InChI is InChI=1S/C13H16FNO/c14-12-3-1-10(2-4-12)13-5-7-15-9-11(13)6-8-16/h1-5,11,15-16H,6-9H2. The zero-order valence-electron chi connectivity index (χ0n) is 9.12. The maximum Gasteiger partial charge on any atom is 0.123 e. The van der Waals surface area contributed by atoms with Crippen LogP contribution in [0.15, 0.2) is 30.3 Å². The fourth-order valence-electron chi connectivity index (χ4n) is 2.13. The SMILES string of the molecule is OCCC1CNCC=C1c1ccc(F)cc1. The Bertz CT molecular complexity index is 372. The van der Waals surface area contributed by atoms with Gasteiger partial charge in [0.15, 0.2) is 0 Å². The number of hydrogen-bond acceptors (Lipinski definition) is 2. The van der Waals surface area contributed by atoms with E-state index in [1.54, 1.807) is 12.1 Å². The number of nitrogens with one attached hydrogen (secondary N) is 1. The fourth-order valence-corrected chi connectivity index (χ4v) is 2.13. The van der Waals surface area contributed by atoms with E-state index in [0.29, 0.717) is 5.92 Å². The minimum Gasteiger partial charge on any atom is -0.396 e. The molecule has 2 N–H and O–H groups in total. The molecule has 0 aromatic heterocycles. The molecular weight excluding hydrogens is 205 g/mol. The molecule has 2 nitrogen and oxygen atoms in total. The van der Waals surface area contributed by atoms with Gasteiger partial charge in [-0.15, -0.1) is 0 Å². The first-order chi connectivity index (χ1) is 7.81. The molecule has 2 rings (SSSR count). The Labute approximate surface area is 94.8 Å². The van der Waals surface area contributed by atoms with Gasteiger partial charge in [0.1, 0.15) is 5.82 Å². The van der Waals surface area contributed by atoms with Crippen molar-refractivity contribution >= 4 is 5.57 Å². The number of aliphatic hydroxyl groups excluding tert-OH is 1. The van der Waals surface area contributed by atoms with Crippen molar-refractivity contribution in [3.05, 3.63) is 41.7 Å². The number of aliphatic hydroxyl groups is 1. The Hall–Kier alpha value is -1.19. The molecule has 1 aromatic rings. The first-order valence-electron chi connectivity index (χ1n) is 5.59. The second kappa shape index (κ2) is 5.23. The van der Waals surface area contributed by atoms with Crippen molar-refractivity contribution in [2.45, 2.75) is 6.42 Å². The van der Waals surface area contributed by atoms with Crippen LogP contribution in [-0.2, 0) is 0 Å². The van der Waals surface area contributed by atoms with Crippen LogP contribution < -0.4 is 5.32 Å². The number of benzene rings is 1. The van der Waals surface area contributed by atoms with Crippen LogP contribution in [0.1, 0.15) is 12.0 Å². The molecule has 0 amide bonds. The highest BCUT2D eigenvalue weighted by Crippen LogP contribution is 2.27. The molecule has 1 heterocycles. The van der Waals surface area contributed by atoms with Gasteiger partial charge >= 0.3 is 0 Å². The van der Waals surface area contributed by atoms with Crippen molar-refractivity contribution in [2.24, 2.45) is 5.92 Å². The quantitative estimate of drug-likeness (QED) is 0.816. The van der Waals surface area contributed by atoms with Crippen LogP contribution >= 0.6 is 0 Å². The Balaban J connectivity index is 2.23. The van der Waals surface area contributed by atoms with Gasteiger partial charge in [0, 0.05) is 19.7 Å². The minimum absolute atomic E-state index is 0.185. The first-order valence-corrected chi connectivity index (χ1v) is 5.59. The molecule has 0 bridgehead atoms. The second-order valence-electron chi connectivity index (χ2n) is 4.03. The van der Waals surface area contributed by atoms with E-state index in [4.69, 9.17) is 5.11 Å². The van der Waals surface area contributed by atoms with Crippen molar-refractivity contribution in [2.75, 3.05) is 19.7 Å². The molecule has 1 aliphatic heterocycles. The maximum atomic E-state index is 12.8. The highest BCUT2D eigenvalue weighted by atomic mass is 19.1. The average Bonchev–Trinajstić information content (AvgIpc) is 2.32. The zero-order chi connectivity index (χ0) is 11.4. The van der Waals surface area contributed by atoms with Gasteiger partial charge in [-0.25, -0.2) is 4.39 Å². The lowest BCUT2D eigenvalue weighted by molar-refractivity contribution is 0.269. The molecular formula is C13H16FNO. The highest BCUT2D eigenvalue weighted by molar-refractivity contribution is 5.68. The molecule has 0 saturated heterocycles. The minimum atomic E-state index is -0.211. The normalized spacial score (nSPS) is 20.6. The molecule has 1 aromatic carbocycles. The van der Waals surface area contributed by atoms with Gasteiger partial charge in [-0.3, -0.25) is 0 Å². The summed E-state index contributed by atoms with van der Waals surface area (Å²) in [7, 11) is 0. The zero-order valence-corrected chi connectivity index (χ0v) is 9.12. The van der Waals surface area contributed by atoms with E-state index in [1.165, 1.54) is 17.7 Å². The van der Waals surface area contributed by atoms with Crippen molar-refractivity contribution in [3.8, 4) is 0 Å². The van der Waals surface area contributed by atoms with Gasteiger partial charge in [0.05, 0.1) is 0 Å². The van der Waals surface area contributed by atoms with Gasteiger partial charge < -0.3 is 10.4 Å². The maximum absolute atomic E-state index is 12.8. The molecule has 0 spiro atoms. The third kappa shape index (κ3) is 2.49. The summed E-state index contributed by atoms with van der Waals surface area (Å²) in [5.74, 6) is 0.112. The van der Waals surface area contributed by atoms with Gasteiger partial charge in [-0.05, 0) is 35.6 Å². The van der Waals surface area contributed by atoms with E-state index < -0.39 is 0 Å². The van der Waals surface area contributed by atoms with Gasteiger partial charge in [0.2, 0.25) is 0 Å². The fraction of sp³-hybridized carbons (Fsp3) is 0.385. The molecule has 0 aliphatic carbocycles. The summed E-state index contributed by atoms with van der Waals surface area (Å²) >= 11 is 0. The molecule has 1 unspecified atom stereocenters. The van der Waals surface area contributed by atoms with E-state index in [2.05, 4.69) is 11.4 Å². The summed E-state index contributed by atoms with van der Waals surface area (Å²) in [6, 6.07) is 6.57. The highest BCUT2D eigenvalue weighted by Gasteiger charge is 2.18. The first kappa shape index (κ1) is 11.3. The Morgan fingerprint density at radius 2 is 2.06 bits per heavy atom. The summed E-state index contributed by atoms with van der Waals surface area (Å²) in [6.45, 7) is 1.91. The lowest BCUT2D eigenvalue weighted by atomic mass is 9.88. The van der Waals surface area contributed by atoms with Gasteiger partial charge in [-0.1, -0.05) is 18.2 Å². The van der Waals surface area contributed by atoms with Crippen molar-refractivity contribution in [1.29, 1.82) is 0 Å². The van der Waals surface area contributed by atoms with Crippen LogP contribution in [0, 0.1) is 11.7 Å². The van der Waals surface area contributed by atoms with E-state index >= 15 is 0 Å². The Morgan fingerprint density at radius 1 is 1.31 bits per heavy atom. The van der Waals surface area contributed by atoms with Crippen LogP contribution in [0.25, 0.3) is 5.57 Å². The topological polar surface area (TPSA) is 32.3 Å². The van der Waals surface area contributed by atoms with Crippen LogP contribution in [0.2, 0.25) is 0 Å².